The van der Waals surface area contributed by atoms with E-state index in [1.54, 1.807) is 0 Å². The van der Waals surface area contributed by atoms with E-state index in [-0.39, 0.29) is 16.9 Å². The first-order valence-corrected chi connectivity index (χ1v) is 4.45. The molecule has 5 nitrogen and oxygen atoms in total. The number of ether oxygens (including phenoxy) is 2. The van der Waals surface area contributed by atoms with E-state index in [0.29, 0.717) is 6.29 Å². The highest BCUT2D eigenvalue weighted by atomic mass is 16.5. The zero-order chi connectivity index (χ0) is 12.1. The fourth-order valence-corrected chi connectivity index (χ4v) is 1.18. The van der Waals surface area contributed by atoms with Gasteiger partial charge in [0.05, 0.1) is 12.7 Å². The molecule has 0 aliphatic heterocycles. The molecule has 0 unspecified atom stereocenters. The molecule has 0 aliphatic rings. The number of carbonyl (C=O) groups excluding carboxylic acids is 3. The van der Waals surface area contributed by atoms with Crippen molar-refractivity contribution in [1.29, 1.82) is 0 Å². The molecule has 1 rings (SSSR count). The summed E-state index contributed by atoms with van der Waals surface area (Å²) in [6, 6.07) is 4.36. The molecule has 0 atom stereocenters. The van der Waals surface area contributed by atoms with E-state index in [1.165, 1.54) is 32.2 Å². The molecule has 0 aromatic heterocycles. The molecular weight excluding hydrogens is 212 g/mol. The van der Waals surface area contributed by atoms with Crippen molar-refractivity contribution >= 4 is 18.2 Å². The van der Waals surface area contributed by atoms with Gasteiger partial charge in [0.15, 0.2) is 12.0 Å². The SMILES string of the molecule is COC(=O)c1cccc(C=O)c1OC(C)=O. The number of aldehydes is 1. The number of benzene rings is 1. The Kier molecular flexibility index (Phi) is 3.77. The Morgan fingerprint density at radius 2 is 2.00 bits per heavy atom. The molecule has 0 bridgehead atoms. The van der Waals surface area contributed by atoms with Crippen LogP contribution in [0.1, 0.15) is 27.6 Å². The van der Waals surface area contributed by atoms with Crippen molar-refractivity contribution in [2.75, 3.05) is 7.11 Å². The molecule has 16 heavy (non-hydrogen) atoms. The number of carbonyl (C=O) groups is 3. The summed E-state index contributed by atoms with van der Waals surface area (Å²) in [5.74, 6) is -1.35. The van der Waals surface area contributed by atoms with Crippen molar-refractivity contribution in [2.24, 2.45) is 0 Å². The molecule has 0 spiro atoms. The van der Waals surface area contributed by atoms with Gasteiger partial charge in [-0.15, -0.1) is 0 Å². The highest BCUT2D eigenvalue weighted by molar-refractivity contribution is 5.97. The van der Waals surface area contributed by atoms with Crippen LogP contribution in [-0.2, 0) is 9.53 Å². The number of esters is 2. The second-order valence-electron chi connectivity index (χ2n) is 2.93. The van der Waals surface area contributed by atoms with Gasteiger partial charge < -0.3 is 9.47 Å². The lowest BCUT2D eigenvalue weighted by molar-refractivity contribution is -0.131. The van der Waals surface area contributed by atoms with Gasteiger partial charge in [0.25, 0.3) is 0 Å². The minimum Gasteiger partial charge on any atom is -0.465 e. The minimum absolute atomic E-state index is 0.0438. The van der Waals surface area contributed by atoms with Crippen LogP contribution >= 0.6 is 0 Å². The van der Waals surface area contributed by atoms with Gasteiger partial charge in [-0.1, -0.05) is 6.07 Å². The van der Waals surface area contributed by atoms with Gasteiger partial charge in [0.1, 0.15) is 5.56 Å². The topological polar surface area (TPSA) is 69.7 Å². The molecule has 0 fully saturated rings. The van der Waals surface area contributed by atoms with E-state index >= 15 is 0 Å². The largest absolute Gasteiger partial charge is 0.465 e. The van der Waals surface area contributed by atoms with Crippen LogP contribution in [0, 0.1) is 0 Å². The van der Waals surface area contributed by atoms with E-state index in [2.05, 4.69) is 4.74 Å². The van der Waals surface area contributed by atoms with Gasteiger partial charge in [-0.3, -0.25) is 9.59 Å². The van der Waals surface area contributed by atoms with Crippen LogP contribution < -0.4 is 4.74 Å². The predicted octanol–water partition coefficient (Wildman–Crippen LogP) is 1.21. The summed E-state index contributed by atoms with van der Waals surface area (Å²) >= 11 is 0. The van der Waals surface area contributed by atoms with Crippen molar-refractivity contribution in [3.63, 3.8) is 0 Å². The first kappa shape index (κ1) is 11.9. The van der Waals surface area contributed by atoms with Crippen LogP contribution in [-0.4, -0.2) is 25.3 Å². The molecule has 0 radical (unpaired) electrons. The van der Waals surface area contributed by atoms with Crippen molar-refractivity contribution in [3.05, 3.63) is 29.3 Å². The molecule has 0 N–H and O–H groups in total. The Balaban J connectivity index is 3.30. The zero-order valence-electron chi connectivity index (χ0n) is 8.85. The van der Waals surface area contributed by atoms with E-state index in [1.807, 2.05) is 0 Å². The quantitative estimate of drug-likeness (QED) is 0.436. The average Bonchev–Trinajstić information content (AvgIpc) is 2.27. The first-order chi connectivity index (χ1) is 7.60. The van der Waals surface area contributed by atoms with Crippen LogP contribution in [0.4, 0.5) is 0 Å². The molecule has 0 heterocycles. The lowest BCUT2D eigenvalue weighted by Gasteiger charge is -2.08. The molecule has 5 heteroatoms. The summed E-state index contributed by atoms with van der Waals surface area (Å²) in [5, 5.41) is 0. The molecule has 0 saturated heterocycles. The fourth-order valence-electron chi connectivity index (χ4n) is 1.18. The predicted molar refractivity (Wildman–Crippen MR) is 54.5 cm³/mol. The molecule has 0 amide bonds. The Bertz CT molecular complexity index is 436. The Morgan fingerprint density at radius 3 is 2.50 bits per heavy atom. The van der Waals surface area contributed by atoms with E-state index in [9.17, 15) is 14.4 Å². The van der Waals surface area contributed by atoms with Crippen LogP contribution in [0.2, 0.25) is 0 Å². The number of para-hydroxylation sites is 1. The van der Waals surface area contributed by atoms with Crippen molar-refractivity contribution in [1.82, 2.24) is 0 Å². The summed E-state index contributed by atoms with van der Waals surface area (Å²) < 4.78 is 9.33. The average molecular weight is 222 g/mol. The summed E-state index contributed by atoms with van der Waals surface area (Å²) in [7, 11) is 1.20. The third kappa shape index (κ3) is 2.44. The monoisotopic (exact) mass is 222 g/mol. The van der Waals surface area contributed by atoms with Crippen LogP contribution in [0.15, 0.2) is 18.2 Å². The smallest absolute Gasteiger partial charge is 0.341 e. The van der Waals surface area contributed by atoms with Crippen molar-refractivity contribution < 1.29 is 23.9 Å². The van der Waals surface area contributed by atoms with E-state index in [4.69, 9.17) is 4.74 Å². The van der Waals surface area contributed by atoms with Crippen LogP contribution in [0.3, 0.4) is 0 Å². The molecule has 1 aromatic carbocycles. The highest BCUT2D eigenvalue weighted by Crippen LogP contribution is 2.23. The Morgan fingerprint density at radius 1 is 1.31 bits per heavy atom. The normalized spacial score (nSPS) is 9.38. The Labute approximate surface area is 92.0 Å². The summed E-state index contributed by atoms with van der Waals surface area (Å²) in [6.45, 7) is 1.18. The maximum atomic E-state index is 11.4. The Hall–Kier alpha value is -2.17. The van der Waals surface area contributed by atoms with Crippen LogP contribution in [0.5, 0.6) is 5.75 Å². The van der Waals surface area contributed by atoms with Gasteiger partial charge in [0.2, 0.25) is 0 Å². The summed E-state index contributed by atoms with van der Waals surface area (Å²) in [5.41, 5.74) is 0.167. The van der Waals surface area contributed by atoms with Gasteiger partial charge in [-0.2, -0.15) is 0 Å². The third-order valence-corrected chi connectivity index (χ3v) is 1.82. The number of methoxy groups -OCH3 is 1. The van der Waals surface area contributed by atoms with E-state index < -0.39 is 11.9 Å². The molecule has 0 aliphatic carbocycles. The highest BCUT2D eigenvalue weighted by Gasteiger charge is 2.17. The third-order valence-electron chi connectivity index (χ3n) is 1.82. The summed E-state index contributed by atoms with van der Waals surface area (Å²) in [6.07, 6.45) is 0.505. The molecule has 1 aromatic rings. The number of hydrogen-bond acceptors (Lipinski definition) is 5. The lowest BCUT2D eigenvalue weighted by Crippen LogP contribution is -2.10. The fraction of sp³-hybridized carbons (Fsp3) is 0.182. The van der Waals surface area contributed by atoms with Gasteiger partial charge >= 0.3 is 11.9 Å². The zero-order valence-corrected chi connectivity index (χ0v) is 8.85. The van der Waals surface area contributed by atoms with Gasteiger partial charge in [-0.05, 0) is 12.1 Å². The van der Waals surface area contributed by atoms with Crippen LogP contribution in [0.25, 0.3) is 0 Å². The minimum atomic E-state index is -0.667. The van der Waals surface area contributed by atoms with Gasteiger partial charge in [0, 0.05) is 6.92 Å². The molecular formula is C11H10O5. The number of rotatable bonds is 3. The van der Waals surface area contributed by atoms with E-state index in [0.717, 1.165) is 0 Å². The lowest BCUT2D eigenvalue weighted by atomic mass is 10.1. The van der Waals surface area contributed by atoms with Gasteiger partial charge in [-0.25, -0.2) is 4.79 Å². The first-order valence-electron chi connectivity index (χ1n) is 4.45. The second kappa shape index (κ2) is 5.06. The summed E-state index contributed by atoms with van der Waals surface area (Å²) in [4.78, 5) is 32.9. The second-order valence-corrected chi connectivity index (χ2v) is 2.93. The van der Waals surface area contributed by atoms with Crippen molar-refractivity contribution in [2.45, 2.75) is 6.92 Å². The molecule has 0 saturated carbocycles. The molecule has 84 valence electrons. The standard InChI is InChI=1S/C11H10O5/c1-7(13)16-10-8(6-12)4-3-5-9(10)11(14)15-2/h3-6H,1-2H3. The van der Waals surface area contributed by atoms with Crippen molar-refractivity contribution in [3.8, 4) is 5.75 Å². The maximum absolute atomic E-state index is 11.4. The maximum Gasteiger partial charge on any atom is 0.341 e. The number of hydrogen-bond donors (Lipinski definition) is 0.